The summed E-state index contributed by atoms with van der Waals surface area (Å²) in [6, 6.07) is 7.73. The van der Waals surface area contributed by atoms with Crippen molar-refractivity contribution in [3.8, 4) is 0 Å². The lowest BCUT2D eigenvalue weighted by molar-refractivity contribution is 0.587. The Labute approximate surface area is 92.8 Å². The van der Waals surface area contributed by atoms with Gasteiger partial charge in [0.1, 0.15) is 0 Å². The first kappa shape index (κ1) is 10.6. The summed E-state index contributed by atoms with van der Waals surface area (Å²) in [6.07, 6.45) is 0. The van der Waals surface area contributed by atoms with Crippen molar-refractivity contribution in [2.75, 3.05) is 7.05 Å². The highest BCUT2D eigenvalue weighted by atomic mass is 32.2. The van der Waals surface area contributed by atoms with Crippen LogP contribution in [0.15, 0.2) is 29.6 Å². The van der Waals surface area contributed by atoms with Crippen molar-refractivity contribution >= 4 is 31.4 Å². The number of thiophene rings is 1. The molecule has 2 aromatic rings. The van der Waals surface area contributed by atoms with Crippen LogP contribution in [0.4, 0.5) is 0 Å². The lowest BCUT2D eigenvalue weighted by Crippen LogP contribution is -2.20. The number of nitrogens with one attached hydrogen (secondary N) is 1. The largest absolute Gasteiger partial charge is 0.218 e. The van der Waals surface area contributed by atoms with Gasteiger partial charge in [-0.15, -0.1) is 11.3 Å². The predicted octanol–water partition coefficient (Wildman–Crippen LogP) is 1.95. The van der Waals surface area contributed by atoms with Gasteiger partial charge in [0.15, 0.2) is 0 Å². The molecule has 0 saturated heterocycles. The normalized spacial score (nSPS) is 12.1. The van der Waals surface area contributed by atoms with E-state index in [1.54, 1.807) is 11.3 Å². The van der Waals surface area contributed by atoms with Crippen molar-refractivity contribution in [2.24, 2.45) is 0 Å². The first-order chi connectivity index (χ1) is 7.11. The van der Waals surface area contributed by atoms with E-state index in [0.29, 0.717) is 0 Å². The van der Waals surface area contributed by atoms with Gasteiger partial charge in [0, 0.05) is 4.70 Å². The summed E-state index contributed by atoms with van der Waals surface area (Å²) in [5, 5.41) is 3.10. The Kier molecular flexibility index (Phi) is 2.77. The summed E-state index contributed by atoms with van der Waals surface area (Å²) >= 11 is 1.65. The summed E-state index contributed by atoms with van der Waals surface area (Å²) in [4.78, 5) is 0. The summed E-state index contributed by atoms with van der Waals surface area (Å²) in [7, 11) is -1.74. The van der Waals surface area contributed by atoms with E-state index in [9.17, 15) is 8.42 Å². The van der Waals surface area contributed by atoms with E-state index >= 15 is 0 Å². The fourth-order valence-corrected chi connectivity index (χ4v) is 2.93. The molecule has 80 valence electrons. The van der Waals surface area contributed by atoms with Crippen molar-refractivity contribution in [1.29, 1.82) is 0 Å². The number of fused-ring (bicyclic) bond motifs is 1. The standard InChI is InChI=1S/C10H11NO2S2/c1-11-15(12,13)7-8-2-3-10-9(6-8)4-5-14-10/h2-6,11H,7H2,1H3. The predicted molar refractivity (Wildman–Crippen MR) is 63.5 cm³/mol. The fourth-order valence-electron chi connectivity index (χ4n) is 1.40. The molecule has 1 N–H and O–H groups in total. The van der Waals surface area contributed by atoms with E-state index in [1.807, 2.05) is 29.6 Å². The van der Waals surface area contributed by atoms with Gasteiger partial charge < -0.3 is 0 Å². The van der Waals surface area contributed by atoms with Gasteiger partial charge in [0.25, 0.3) is 0 Å². The highest BCUT2D eigenvalue weighted by Gasteiger charge is 2.08. The highest BCUT2D eigenvalue weighted by Crippen LogP contribution is 2.22. The molecule has 1 heterocycles. The molecule has 1 aromatic heterocycles. The molecule has 5 heteroatoms. The van der Waals surface area contributed by atoms with Crippen molar-refractivity contribution in [2.45, 2.75) is 5.75 Å². The van der Waals surface area contributed by atoms with Crippen LogP contribution in [-0.4, -0.2) is 15.5 Å². The van der Waals surface area contributed by atoms with Gasteiger partial charge in [-0.2, -0.15) is 0 Å². The Morgan fingerprint density at radius 3 is 2.87 bits per heavy atom. The van der Waals surface area contributed by atoms with Crippen LogP contribution in [0.1, 0.15) is 5.56 Å². The van der Waals surface area contributed by atoms with Crippen LogP contribution >= 0.6 is 11.3 Å². The van der Waals surface area contributed by atoms with Crippen molar-refractivity contribution < 1.29 is 8.42 Å². The molecular formula is C10H11NO2S2. The minimum absolute atomic E-state index is 0.0370. The Bertz CT molecular complexity index is 572. The van der Waals surface area contributed by atoms with Gasteiger partial charge in [-0.1, -0.05) is 6.07 Å². The molecular weight excluding hydrogens is 230 g/mol. The molecule has 0 atom stereocenters. The fraction of sp³-hybridized carbons (Fsp3) is 0.200. The lowest BCUT2D eigenvalue weighted by Gasteiger charge is -2.02. The zero-order chi connectivity index (χ0) is 10.9. The second kappa shape index (κ2) is 3.92. The quantitative estimate of drug-likeness (QED) is 0.892. The van der Waals surface area contributed by atoms with E-state index in [-0.39, 0.29) is 5.75 Å². The molecule has 0 bridgehead atoms. The maximum absolute atomic E-state index is 11.3. The highest BCUT2D eigenvalue weighted by molar-refractivity contribution is 7.88. The molecule has 15 heavy (non-hydrogen) atoms. The third kappa shape index (κ3) is 2.37. The van der Waals surface area contributed by atoms with Crippen LogP contribution in [0.3, 0.4) is 0 Å². The zero-order valence-electron chi connectivity index (χ0n) is 8.23. The second-order valence-electron chi connectivity index (χ2n) is 3.26. The zero-order valence-corrected chi connectivity index (χ0v) is 9.86. The van der Waals surface area contributed by atoms with Gasteiger partial charge in [-0.05, 0) is 41.6 Å². The van der Waals surface area contributed by atoms with E-state index < -0.39 is 10.0 Å². The molecule has 0 aliphatic carbocycles. The van der Waals surface area contributed by atoms with Gasteiger partial charge >= 0.3 is 0 Å². The third-order valence-corrected chi connectivity index (χ3v) is 4.42. The van der Waals surface area contributed by atoms with E-state index in [0.717, 1.165) is 10.9 Å². The van der Waals surface area contributed by atoms with Crippen LogP contribution in [0.25, 0.3) is 10.1 Å². The smallest absolute Gasteiger partial charge is 0.215 e. The second-order valence-corrected chi connectivity index (χ2v) is 6.13. The van der Waals surface area contributed by atoms with Crippen molar-refractivity contribution in [3.63, 3.8) is 0 Å². The summed E-state index contributed by atoms with van der Waals surface area (Å²) in [5.74, 6) is 0.0370. The maximum atomic E-state index is 11.3. The van der Waals surface area contributed by atoms with Crippen LogP contribution in [0.2, 0.25) is 0 Å². The molecule has 1 aromatic carbocycles. The van der Waals surface area contributed by atoms with Gasteiger partial charge in [-0.25, -0.2) is 13.1 Å². The van der Waals surface area contributed by atoms with E-state index in [2.05, 4.69) is 4.72 Å². The molecule has 0 aliphatic rings. The third-order valence-electron chi connectivity index (χ3n) is 2.18. The molecule has 0 unspecified atom stereocenters. The Hall–Kier alpha value is -0.910. The number of sulfonamides is 1. The lowest BCUT2D eigenvalue weighted by atomic mass is 10.2. The average molecular weight is 241 g/mol. The summed E-state index contributed by atoms with van der Waals surface area (Å²) in [5.41, 5.74) is 0.815. The summed E-state index contributed by atoms with van der Waals surface area (Å²) in [6.45, 7) is 0. The van der Waals surface area contributed by atoms with Crippen molar-refractivity contribution in [1.82, 2.24) is 4.72 Å². The monoisotopic (exact) mass is 241 g/mol. The van der Waals surface area contributed by atoms with Crippen molar-refractivity contribution in [3.05, 3.63) is 35.2 Å². The van der Waals surface area contributed by atoms with Gasteiger partial charge in [0.05, 0.1) is 5.75 Å². The van der Waals surface area contributed by atoms with Crippen LogP contribution in [0, 0.1) is 0 Å². The average Bonchev–Trinajstić information content (AvgIpc) is 2.64. The number of hydrogen-bond acceptors (Lipinski definition) is 3. The minimum atomic E-state index is -3.17. The molecule has 0 fully saturated rings. The Morgan fingerprint density at radius 2 is 2.13 bits per heavy atom. The molecule has 3 nitrogen and oxygen atoms in total. The Balaban J connectivity index is 2.37. The first-order valence-electron chi connectivity index (χ1n) is 4.48. The number of benzene rings is 1. The maximum Gasteiger partial charge on any atom is 0.215 e. The van der Waals surface area contributed by atoms with E-state index in [4.69, 9.17) is 0 Å². The molecule has 0 radical (unpaired) electrons. The SMILES string of the molecule is CNS(=O)(=O)Cc1ccc2sccc2c1. The van der Waals surface area contributed by atoms with Gasteiger partial charge in [0.2, 0.25) is 10.0 Å². The van der Waals surface area contributed by atoms with Crippen LogP contribution in [0.5, 0.6) is 0 Å². The summed E-state index contributed by atoms with van der Waals surface area (Å²) < 4.78 is 26.2. The molecule has 0 saturated carbocycles. The number of hydrogen-bond donors (Lipinski definition) is 1. The molecule has 0 amide bonds. The van der Waals surface area contributed by atoms with Gasteiger partial charge in [-0.3, -0.25) is 0 Å². The van der Waals surface area contributed by atoms with Crippen LogP contribution in [-0.2, 0) is 15.8 Å². The molecule has 0 aliphatic heterocycles. The van der Waals surface area contributed by atoms with Crippen LogP contribution < -0.4 is 4.72 Å². The molecule has 0 spiro atoms. The minimum Gasteiger partial charge on any atom is -0.218 e. The Morgan fingerprint density at radius 1 is 1.33 bits per heavy atom. The number of rotatable bonds is 3. The van der Waals surface area contributed by atoms with E-state index in [1.165, 1.54) is 11.7 Å². The topological polar surface area (TPSA) is 46.2 Å². The first-order valence-corrected chi connectivity index (χ1v) is 7.01. The molecule has 2 rings (SSSR count).